The van der Waals surface area contributed by atoms with E-state index in [4.69, 9.17) is 23.2 Å². The van der Waals surface area contributed by atoms with Crippen molar-refractivity contribution in [2.75, 3.05) is 4.72 Å². The molecule has 0 atom stereocenters. The number of hydrogen-bond acceptors (Lipinski definition) is 3. The summed E-state index contributed by atoms with van der Waals surface area (Å²) in [5, 5.41) is 8.05. The SMILES string of the molecule is Cc1cc(Cl)c(C)c(S(=O)(=O)Nc2ccc3[nH]ncc3c2)c1Cl. The van der Waals surface area contributed by atoms with Gasteiger partial charge in [-0.1, -0.05) is 23.2 Å². The molecule has 1 heterocycles. The fourth-order valence-corrected chi connectivity index (χ4v) is 4.61. The lowest BCUT2D eigenvalue weighted by molar-refractivity contribution is 0.600. The van der Waals surface area contributed by atoms with E-state index in [0.29, 0.717) is 21.8 Å². The predicted octanol–water partition coefficient (Wildman–Crippen LogP) is 4.29. The van der Waals surface area contributed by atoms with E-state index in [0.717, 1.165) is 10.9 Å². The number of halogens is 2. The van der Waals surface area contributed by atoms with Gasteiger partial charge in [0.25, 0.3) is 10.0 Å². The Bertz CT molecular complexity index is 987. The van der Waals surface area contributed by atoms with Gasteiger partial charge < -0.3 is 0 Å². The third-order valence-electron chi connectivity index (χ3n) is 3.55. The van der Waals surface area contributed by atoms with Crippen LogP contribution in [0.15, 0.2) is 35.4 Å². The Kier molecular flexibility index (Phi) is 4.00. The lowest BCUT2D eigenvalue weighted by atomic mass is 10.2. The molecule has 0 saturated carbocycles. The van der Waals surface area contributed by atoms with Gasteiger partial charge >= 0.3 is 0 Å². The first kappa shape index (κ1) is 16.1. The number of anilines is 1. The van der Waals surface area contributed by atoms with Crippen LogP contribution < -0.4 is 4.72 Å². The minimum Gasteiger partial charge on any atom is -0.280 e. The number of aryl methyl sites for hydroxylation is 1. The van der Waals surface area contributed by atoms with Crippen molar-refractivity contribution in [1.29, 1.82) is 0 Å². The molecule has 5 nitrogen and oxygen atoms in total. The van der Waals surface area contributed by atoms with E-state index in [1.54, 1.807) is 44.3 Å². The highest BCUT2D eigenvalue weighted by Crippen LogP contribution is 2.34. The molecule has 2 N–H and O–H groups in total. The van der Waals surface area contributed by atoms with Crippen molar-refractivity contribution in [3.63, 3.8) is 0 Å². The van der Waals surface area contributed by atoms with E-state index in [1.165, 1.54) is 0 Å². The van der Waals surface area contributed by atoms with Crippen molar-refractivity contribution in [1.82, 2.24) is 10.2 Å². The van der Waals surface area contributed by atoms with Gasteiger partial charge in [0.2, 0.25) is 0 Å². The van der Waals surface area contributed by atoms with E-state index in [9.17, 15) is 8.42 Å². The molecule has 3 rings (SSSR count). The molecule has 0 aliphatic carbocycles. The molecule has 1 aromatic heterocycles. The minimum absolute atomic E-state index is 0.00328. The van der Waals surface area contributed by atoms with Gasteiger partial charge in [-0.2, -0.15) is 5.10 Å². The molecule has 120 valence electrons. The first-order valence-corrected chi connectivity index (χ1v) is 8.94. The number of aromatic nitrogens is 2. The molecule has 0 unspecified atom stereocenters. The Morgan fingerprint density at radius 3 is 2.65 bits per heavy atom. The van der Waals surface area contributed by atoms with Crippen LogP contribution in [0.5, 0.6) is 0 Å². The molecule has 0 fully saturated rings. The fraction of sp³-hybridized carbons (Fsp3) is 0.133. The van der Waals surface area contributed by atoms with Gasteiger partial charge in [-0.05, 0) is 49.2 Å². The number of aromatic amines is 1. The first-order chi connectivity index (χ1) is 10.8. The van der Waals surface area contributed by atoms with Crippen molar-refractivity contribution in [3.8, 4) is 0 Å². The van der Waals surface area contributed by atoms with Crippen LogP contribution in [0.1, 0.15) is 11.1 Å². The Labute approximate surface area is 143 Å². The van der Waals surface area contributed by atoms with Crippen LogP contribution in [0.3, 0.4) is 0 Å². The van der Waals surface area contributed by atoms with Gasteiger partial charge in [-0.15, -0.1) is 0 Å². The zero-order valence-corrected chi connectivity index (χ0v) is 14.6. The van der Waals surface area contributed by atoms with Crippen LogP contribution in [-0.2, 0) is 10.0 Å². The average Bonchev–Trinajstić information content (AvgIpc) is 2.92. The van der Waals surface area contributed by atoms with Crippen molar-refractivity contribution in [2.45, 2.75) is 18.7 Å². The molecule has 8 heteroatoms. The summed E-state index contributed by atoms with van der Waals surface area (Å²) in [6.45, 7) is 3.34. The maximum Gasteiger partial charge on any atom is 0.263 e. The Balaban J connectivity index is 2.08. The van der Waals surface area contributed by atoms with Crippen molar-refractivity contribution >= 4 is 49.8 Å². The highest BCUT2D eigenvalue weighted by atomic mass is 35.5. The monoisotopic (exact) mass is 369 g/mol. The van der Waals surface area contributed by atoms with Gasteiger partial charge in [0.05, 0.1) is 16.7 Å². The second-order valence-corrected chi connectivity index (χ2v) is 7.63. The van der Waals surface area contributed by atoms with Crippen LogP contribution in [0.25, 0.3) is 10.9 Å². The average molecular weight is 370 g/mol. The molecule has 0 amide bonds. The number of sulfonamides is 1. The standard InChI is InChI=1S/C15H13Cl2N3O2S/c1-8-5-12(16)9(2)15(14(8)17)23(21,22)20-11-3-4-13-10(6-11)7-18-19-13/h3-7,20H,1-2H3,(H,18,19). The van der Waals surface area contributed by atoms with E-state index in [2.05, 4.69) is 14.9 Å². The summed E-state index contributed by atoms with van der Waals surface area (Å²) >= 11 is 12.3. The molecule has 0 radical (unpaired) electrons. The molecule has 2 aromatic carbocycles. The zero-order valence-electron chi connectivity index (χ0n) is 12.3. The molecule has 0 saturated heterocycles. The highest BCUT2D eigenvalue weighted by Gasteiger charge is 2.24. The summed E-state index contributed by atoms with van der Waals surface area (Å²) in [6.07, 6.45) is 1.62. The maximum absolute atomic E-state index is 12.7. The largest absolute Gasteiger partial charge is 0.280 e. The lowest BCUT2D eigenvalue weighted by Crippen LogP contribution is -2.15. The van der Waals surface area contributed by atoms with Gasteiger partial charge in [0.1, 0.15) is 4.90 Å². The molecule has 0 spiro atoms. The summed E-state index contributed by atoms with van der Waals surface area (Å²) < 4.78 is 28.0. The number of rotatable bonds is 3. The van der Waals surface area contributed by atoms with Crippen LogP contribution in [0.4, 0.5) is 5.69 Å². The minimum atomic E-state index is -3.87. The van der Waals surface area contributed by atoms with Crippen LogP contribution in [0, 0.1) is 13.8 Å². The summed E-state index contributed by atoms with van der Waals surface area (Å²) in [7, 11) is -3.87. The van der Waals surface area contributed by atoms with Gasteiger partial charge in [-0.25, -0.2) is 8.42 Å². The first-order valence-electron chi connectivity index (χ1n) is 6.71. The molecule has 0 bridgehead atoms. The van der Waals surface area contributed by atoms with E-state index < -0.39 is 10.0 Å². The quantitative estimate of drug-likeness (QED) is 0.722. The molecule has 3 aromatic rings. The number of nitrogens with zero attached hydrogens (tertiary/aromatic N) is 1. The normalized spacial score (nSPS) is 11.8. The lowest BCUT2D eigenvalue weighted by Gasteiger charge is -2.14. The summed E-state index contributed by atoms with van der Waals surface area (Å²) in [5.74, 6) is 0. The topological polar surface area (TPSA) is 74.8 Å². The number of benzene rings is 2. The van der Waals surface area contributed by atoms with Crippen LogP contribution in [-0.4, -0.2) is 18.6 Å². The molecule has 23 heavy (non-hydrogen) atoms. The fourth-order valence-electron chi connectivity index (χ4n) is 2.35. The predicted molar refractivity (Wildman–Crippen MR) is 92.8 cm³/mol. The van der Waals surface area contributed by atoms with Gasteiger partial charge in [-0.3, -0.25) is 9.82 Å². The van der Waals surface area contributed by atoms with E-state index >= 15 is 0 Å². The Morgan fingerprint density at radius 2 is 1.91 bits per heavy atom. The smallest absolute Gasteiger partial charge is 0.263 e. The van der Waals surface area contributed by atoms with Gasteiger partial charge in [0, 0.05) is 16.1 Å². The van der Waals surface area contributed by atoms with Gasteiger partial charge in [0.15, 0.2) is 0 Å². The highest BCUT2D eigenvalue weighted by molar-refractivity contribution is 7.93. The number of nitrogens with one attached hydrogen (secondary N) is 2. The second-order valence-electron chi connectivity index (χ2n) is 5.22. The summed E-state index contributed by atoms with van der Waals surface area (Å²) in [6, 6.07) is 6.74. The number of H-pyrrole nitrogens is 1. The van der Waals surface area contributed by atoms with Crippen LogP contribution >= 0.6 is 23.2 Å². The van der Waals surface area contributed by atoms with E-state index in [1.807, 2.05) is 0 Å². The second kappa shape index (κ2) is 5.70. The maximum atomic E-state index is 12.7. The molecule has 0 aliphatic heterocycles. The molecule has 0 aliphatic rings. The zero-order chi connectivity index (χ0) is 16.8. The third kappa shape index (κ3) is 2.89. The van der Waals surface area contributed by atoms with Crippen molar-refractivity contribution < 1.29 is 8.42 Å². The van der Waals surface area contributed by atoms with E-state index in [-0.39, 0.29) is 9.92 Å². The molecular formula is C15H13Cl2N3O2S. The number of fused-ring (bicyclic) bond motifs is 1. The summed E-state index contributed by atoms with van der Waals surface area (Å²) in [4.78, 5) is -0.00328. The van der Waals surface area contributed by atoms with Crippen LogP contribution in [0.2, 0.25) is 10.0 Å². The third-order valence-corrected chi connectivity index (χ3v) is 6.09. The number of hydrogen-bond donors (Lipinski definition) is 2. The Hall–Kier alpha value is -1.76. The Morgan fingerprint density at radius 1 is 1.17 bits per heavy atom. The summed E-state index contributed by atoms with van der Waals surface area (Å²) in [5.41, 5.74) is 2.26. The van der Waals surface area contributed by atoms with Crippen molar-refractivity contribution in [3.05, 3.63) is 51.6 Å². The molecular weight excluding hydrogens is 357 g/mol. The van der Waals surface area contributed by atoms with Crippen molar-refractivity contribution in [2.24, 2.45) is 0 Å².